The Bertz CT molecular complexity index is 705. The van der Waals surface area contributed by atoms with E-state index in [1.165, 1.54) is 13.1 Å². The first kappa shape index (κ1) is 15.0. The summed E-state index contributed by atoms with van der Waals surface area (Å²) in [6.45, 7) is 4.72. The molecule has 0 aliphatic carbocycles. The van der Waals surface area contributed by atoms with Crippen LogP contribution in [0.5, 0.6) is 5.75 Å². The maximum absolute atomic E-state index is 11.7. The molecule has 0 unspecified atom stereocenters. The standard InChI is InChI=1S/C16H18N2O3/c1-11(2)10-21-15-7-5-4-6-13(15)14-8-12(9-19)16(20)18(3)17-14/h4-9,11H,10H2,1-3H3. The fourth-order valence-corrected chi connectivity index (χ4v) is 1.91. The highest BCUT2D eigenvalue weighted by atomic mass is 16.5. The SMILES string of the molecule is CC(C)COc1ccccc1-c1cc(C=O)c(=O)n(C)n1. The lowest BCUT2D eigenvalue weighted by atomic mass is 10.1. The Morgan fingerprint density at radius 2 is 2.05 bits per heavy atom. The molecule has 0 atom stereocenters. The summed E-state index contributed by atoms with van der Waals surface area (Å²) in [6.07, 6.45) is 0.547. The van der Waals surface area contributed by atoms with Crippen LogP contribution in [0.15, 0.2) is 35.1 Å². The van der Waals surface area contributed by atoms with Gasteiger partial charge in [-0.25, -0.2) is 4.68 Å². The van der Waals surface area contributed by atoms with Gasteiger partial charge in [0.1, 0.15) is 5.75 Å². The van der Waals surface area contributed by atoms with Crippen LogP contribution >= 0.6 is 0 Å². The normalized spacial score (nSPS) is 10.7. The van der Waals surface area contributed by atoms with Gasteiger partial charge in [0.2, 0.25) is 0 Å². The predicted octanol–water partition coefficient (Wildman–Crippen LogP) is 2.29. The molecule has 1 heterocycles. The molecular formula is C16H18N2O3. The van der Waals surface area contributed by atoms with E-state index in [-0.39, 0.29) is 5.56 Å². The van der Waals surface area contributed by atoms with Crippen LogP contribution in [0.4, 0.5) is 0 Å². The molecule has 0 fully saturated rings. The van der Waals surface area contributed by atoms with Gasteiger partial charge < -0.3 is 4.74 Å². The van der Waals surface area contributed by atoms with Crippen LogP contribution in [0.2, 0.25) is 0 Å². The second-order valence-corrected chi connectivity index (χ2v) is 5.23. The van der Waals surface area contributed by atoms with E-state index in [4.69, 9.17) is 4.74 Å². The van der Waals surface area contributed by atoms with Crippen molar-refractivity contribution in [1.29, 1.82) is 0 Å². The molecule has 0 saturated carbocycles. The summed E-state index contributed by atoms with van der Waals surface area (Å²) in [5, 5.41) is 4.20. The van der Waals surface area contributed by atoms with Gasteiger partial charge in [-0.15, -0.1) is 0 Å². The minimum Gasteiger partial charge on any atom is -0.493 e. The van der Waals surface area contributed by atoms with Crippen molar-refractivity contribution in [3.63, 3.8) is 0 Å². The van der Waals surface area contributed by atoms with Gasteiger partial charge in [-0.2, -0.15) is 5.10 Å². The van der Waals surface area contributed by atoms with E-state index < -0.39 is 5.56 Å². The van der Waals surface area contributed by atoms with Crippen LogP contribution in [-0.4, -0.2) is 22.7 Å². The number of hydrogen-bond donors (Lipinski definition) is 0. The third-order valence-electron chi connectivity index (χ3n) is 2.95. The second-order valence-electron chi connectivity index (χ2n) is 5.23. The highest BCUT2D eigenvalue weighted by Gasteiger charge is 2.12. The summed E-state index contributed by atoms with van der Waals surface area (Å²) < 4.78 is 6.95. The highest BCUT2D eigenvalue weighted by molar-refractivity contribution is 5.78. The van der Waals surface area contributed by atoms with E-state index in [9.17, 15) is 9.59 Å². The van der Waals surface area contributed by atoms with Crippen LogP contribution in [-0.2, 0) is 7.05 Å². The molecule has 0 N–H and O–H groups in total. The molecule has 0 saturated heterocycles. The molecule has 0 aliphatic rings. The average molecular weight is 286 g/mol. The fourth-order valence-electron chi connectivity index (χ4n) is 1.91. The molecule has 2 aromatic rings. The van der Waals surface area contributed by atoms with E-state index in [1.807, 2.05) is 24.3 Å². The monoisotopic (exact) mass is 286 g/mol. The smallest absolute Gasteiger partial charge is 0.277 e. The van der Waals surface area contributed by atoms with E-state index >= 15 is 0 Å². The molecule has 0 bridgehead atoms. The Morgan fingerprint density at radius 1 is 1.33 bits per heavy atom. The van der Waals surface area contributed by atoms with Crippen molar-refractivity contribution in [2.75, 3.05) is 6.61 Å². The van der Waals surface area contributed by atoms with Gasteiger partial charge in [0.05, 0.1) is 17.9 Å². The van der Waals surface area contributed by atoms with E-state index in [0.717, 1.165) is 10.2 Å². The van der Waals surface area contributed by atoms with Crippen LogP contribution in [0, 0.1) is 5.92 Å². The van der Waals surface area contributed by atoms with Crippen LogP contribution in [0.25, 0.3) is 11.3 Å². The molecule has 5 nitrogen and oxygen atoms in total. The fraction of sp³-hybridized carbons (Fsp3) is 0.312. The zero-order chi connectivity index (χ0) is 15.4. The zero-order valence-electron chi connectivity index (χ0n) is 12.4. The molecule has 0 radical (unpaired) electrons. The number of ether oxygens (including phenoxy) is 1. The molecule has 1 aromatic heterocycles. The Morgan fingerprint density at radius 3 is 2.71 bits per heavy atom. The third-order valence-corrected chi connectivity index (χ3v) is 2.95. The quantitative estimate of drug-likeness (QED) is 0.791. The first-order valence-corrected chi connectivity index (χ1v) is 6.78. The molecular weight excluding hydrogens is 268 g/mol. The van der Waals surface area contributed by atoms with Crippen molar-refractivity contribution in [3.8, 4) is 17.0 Å². The molecule has 0 spiro atoms. The van der Waals surface area contributed by atoms with Crippen molar-refractivity contribution < 1.29 is 9.53 Å². The molecule has 0 amide bonds. The number of carbonyl (C=O) groups is 1. The lowest BCUT2D eigenvalue weighted by Gasteiger charge is -2.13. The molecule has 5 heteroatoms. The second kappa shape index (κ2) is 6.35. The Balaban J connectivity index is 2.49. The molecule has 2 rings (SSSR count). The number of rotatable bonds is 5. The number of carbonyl (C=O) groups excluding carboxylic acids is 1. The number of aryl methyl sites for hydroxylation is 1. The Hall–Kier alpha value is -2.43. The highest BCUT2D eigenvalue weighted by Crippen LogP contribution is 2.28. The lowest BCUT2D eigenvalue weighted by Crippen LogP contribution is -2.23. The van der Waals surface area contributed by atoms with Crippen LogP contribution < -0.4 is 10.3 Å². The van der Waals surface area contributed by atoms with Crippen LogP contribution in [0.1, 0.15) is 24.2 Å². The third kappa shape index (κ3) is 3.37. The van der Waals surface area contributed by atoms with E-state index in [1.54, 1.807) is 0 Å². The Kier molecular flexibility index (Phi) is 4.52. The number of aromatic nitrogens is 2. The largest absolute Gasteiger partial charge is 0.493 e. The number of aldehydes is 1. The first-order chi connectivity index (χ1) is 10.0. The maximum Gasteiger partial charge on any atom is 0.277 e. The van der Waals surface area contributed by atoms with Crippen LogP contribution in [0.3, 0.4) is 0 Å². The molecule has 1 aromatic carbocycles. The topological polar surface area (TPSA) is 61.2 Å². The maximum atomic E-state index is 11.7. The summed E-state index contributed by atoms with van der Waals surface area (Å²) >= 11 is 0. The average Bonchev–Trinajstić information content (AvgIpc) is 2.48. The molecule has 0 aliphatic heterocycles. The van der Waals surface area contributed by atoms with Crippen molar-refractivity contribution in [2.24, 2.45) is 13.0 Å². The molecule has 110 valence electrons. The number of benzene rings is 1. The van der Waals surface area contributed by atoms with Crippen molar-refractivity contribution >= 4 is 6.29 Å². The van der Waals surface area contributed by atoms with Gasteiger partial charge in [-0.1, -0.05) is 26.0 Å². The number of hydrogen-bond acceptors (Lipinski definition) is 4. The van der Waals surface area contributed by atoms with Gasteiger partial charge in [0, 0.05) is 12.6 Å². The minimum absolute atomic E-state index is 0.0844. The summed E-state index contributed by atoms with van der Waals surface area (Å²) in [4.78, 5) is 22.7. The van der Waals surface area contributed by atoms with E-state index in [2.05, 4.69) is 18.9 Å². The lowest BCUT2D eigenvalue weighted by molar-refractivity contribution is 0.112. The number of nitrogens with zero attached hydrogens (tertiary/aromatic N) is 2. The van der Waals surface area contributed by atoms with Crippen molar-refractivity contribution in [2.45, 2.75) is 13.8 Å². The summed E-state index contributed by atoms with van der Waals surface area (Å²) in [5.41, 5.74) is 0.978. The van der Waals surface area contributed by atoms with Gasteiger partial charge in [-0.05, 0) is 24.1 Å². The summed E-state index contributed by atoms with van der Waals surface area (Å²) in [5.74, 6) is 1.09. The van der Waals surface area contributed by atoms with Gasteiger partial charge in [0.25, 0.3) is 5.56 Å². The van der Waals surface area contributed by atoms with Crippen molar-refractivity contribution in [1.82, 2.24) is 9.78 Å². The van der Waals surface area contributed by atoms with Gasteiger partial charge >= 0.3 is 0 Å². The zero-order valence-corrected chi connectivity index (χ0v) is 12.4. The summed E-state index contributed by atoms with van der Waals surface area (Å²) in [6, 6.07) is 8.95. The first-order valence-electron chi connectivity index (χ1n) is 6.78. The Labute approximate surface area is 123 Å². The van der Waals surface area contributed by atoms with E-state index in [0.29, 0.717) is 30.3 Å². The van der Waals surface area contributed by atoms with Gasteiger partial charge in [0.15, 0.2) is 6.29 Å². The summed E-state index contributed by atoms with van der Waals surface area (Å²) in [7, 11) is 1.52. The molecule has 21 heavy (non-hydrogen) atoms. The predicted molar refractivity (Wildman–Crippen MR) is 80.6 cm³/mol. The number of para-hydroxylation sites is 1. The van der Waals surface area contributed by atoms with Crippen molar-refractivity contribution in [3.05, 3.63) is 46.2 Å². The van der Waals surface area contributed by atoms with Gasteiger partial charge in [-0.3, -0.25) is 9.59 Å². The minimum atomic E-state index is -0.408.